The Kier molecular flexibility index (Phi) is 7.61. The molecule has 0 atom stereocenters. The summed E-state index contributed by atoms with van der Waals surface area (Å²) in [6.45, 7) is 8.17. The lowest BCUT2D eigenvalue weighted by Gasteiger charge is -2.34. The molecule has 128 valence electrons. The minimum atomic E-state index is -2.70. The van der Waals surface area contributed by atoms with E-state index < -0.39 is 8.80 Å². The van der Waals surface area contributed by atoms with Crippen molar-refractivity contribution in [1.82, 2.24) is 0 Å². The Balaban J connectivity index is 2.31. The van der Waals surface area contributed by atoms with Crippen LogP contribution in [0.25, 0.3) is 0 Å². The van der Waals surface area contributed by atoms with Crippen LogP contribution < -0.4 is 0 Å². The summed E-state index contributed by atoms with van der Waals surface area (Å²) in [5.74, 6) is 1.33. The predicted octanol–water partition coefficient (Wildman–Crippen LogP) is 4.88. The van der Waals surface area contributed by atoms with Crippen molar-refractivity contribution < 1.29 is 13.3 Å². The van der Waals surface area contributed by atoms with Gasteiger partial charge in [-0.2, -0.15) is 0 Å². The molecule has 0 aromatic carbocycles. The first-order chi connectivity index (χ1) is 10.8. The molecule has 0 saturated heterocycles. The summed E-state index contributed by atoms with van der Waals surface area (Å²) in [4.78, 5) is 0. The maximum Gasteiger partial charge on any atom is 0.532 e. The molecule has 0 bridgehead atoms. The predicted molar refractivity (Wildman–Crippen MR) is 92.6 cm³/mol. The van der Waals surface area contributed by atoms with Gasteiger partial charge in [0.2, 0.25) is 0 Å². The van der Waals surface area contributed by atoms with E-state index in [1.54, 1.807) is 0 Å². The van der Waals surface area contributed by atoms with Crippen molar-refractivity contribution in [3.8, 4) is 0 Å². The van der Waals surface area contributed by atoms with Crippen LogP contribution in [0.5, 0.6) is 0 Å². The third kappa shape index (κ3) is 4.44. The highest BCUT2D eigenvalue weighted by atomic mass is 28.4. The van der Waals surface area contributed by atoms with E-state index in [0.717, 1.165) is 0 Å². The third-order valence-corrected chi connectivity index (χ3v) is 8.25. The molecular weight excluding hydrogens is 292 g/mol. The fraction of sp³-hybridized carbons (Fsp3) is 0.889. The van der Waals surface area contributed by atoms with E-state index in [1.807, 2.05) is 0 Å². The highest BCUT2D eigenvalue weighted by Gasteiger charge is 2.48. The molecule has 0 spiro atoms. The average Bonchev–Trinajstić information content (AvgIpc) is 3.19. The molecule has 0 amide bonds. The maximum atomic E-state index is 6.22. The maximum absolute atomic E-state index is 6.22. The van der Waals surface area contributed by atoms with Crippen molar-refractivity contribution in [2.45, 2.75) is 72.1 Å². The summed E-state index contributed by atoms with van der Waals surface area (Å²) < 4.78 is 18.7. The van der Waals surface area contributed by atoms with Gasteiger partial charge in [-0.1, -0.05) is 31.8 Å². The first-order valence-corrected chi connectivity index (χ1v) is 11.1. The van der Waals surface area contributed by atoms with Crippen molar-refractivity contribution in [3.05, 3.63) is 11.3 Å². The Morgan fingerprint density at radius 3 is 1.73 bits per heavy atom. The Morgan fingerprint density at radius 1 is 0.818 bits per heavy atom. The minimum absolute atomic E-state index is 0.622. The highest BCUT2D eigenvalue weighted by molar-refractivity contribution is 6.69. The molecule has 3 nitrogen and oxygen atoms in total. The molecule has 0 aliphatic heterocycles. The Labute approximate surface area is 137 Å². The summed E-state index contributed by atoms with van der Waals surface area (Å²) in [6.07, 6.45) is 13.1. The van der Waals surface area contributed by atoms with Crippen LogP contribution in [0, 0.1) is 11.8 Å². The van der Waals surface area contributed by atoms with Gasteiger partial charge in [0, 0.05) is 19.8 Å². The normalized spacial score (nSPS) is 21.9. The second kappa shape index (κ2) is 9.21. The average molecular weight is 327 g/mol. The Morgan fingerprint density at radius 2 is 1.27 bits per heavy atom. The van der Waals surface area contributed by atoms with E-state index in [2.05, 4.69) is 26.8 Å². The molecule has 2 fully saturated rings. The topological polar surface area (TPSA) is 27.7 Å². The lowest BCUT2D eigenvalue weighted by atomic mass is 10.0. The summed E-state index contributed by atoms with van der Waals surface area (Å²) >= 11 is 0. The molecule has 0 aromatic rings. The molecule has 0 heterocycles. The van der Waals surface area contributed by atoms with Crippen LogP contribution in [0.3, 0.4) is 0 Å². The van der Waals surface area contributed by atoms with Gasteiger partial charge in [0.25, 0.3) is 0 Å². The van der Waals surface area contributed by atoms with Gasteiger partial charge in [0.05, 0.1) is 0 Å². The fourth-order valence-electron chi connectivity index (χ4n) is 4.05. The first kappa shape index (κ1) is 18.2. The number of hydrogen-bond donors (Lipinski definition) is 0. The van der Waals surface area contributed by atoms with E-state index in [-0.39, 0.29) is 0 Å². The molecule has 0 unspecified atom stereocenters. The molecule has 2 rings (SSSR count). The van der Waals surface area contributed by atoms with Crippen molar-refractivity contribution in [2.75, 3.05) is 19.8 Å². The largest absolute Gasteiger partial charge is 0.532 e. The van der Waals surface area contributed by atoms with Crippen LogP contribution in [0.2, 0.25) is 0 Å². The molecule has 0 radical (unpaired) electrons. The van der Waals surface area contributed by atoms with Gasteiger partial charge in [-0.25, -0.2) is 0 Å². The highest BCUT2D eigenvalue weighted by Crippen LogP contribution is 2.40. The molecule has 4 heteroatoms. The van der Waals surface area contributed by atoms with E-state index in [4.69, 9.17) is 13.3 Å². The number of hydrogen-bond acceptors (Lipinski definition) is 3. The lowest BCUT2D eigenvalue weighted by Crippen LogP contribution is -2.50. The smallest absolute Gasteiger partial charge is 0.370 e. The number of allylic oxidation sites excluding steroid dienone is 2. The standard InChI is InChI=1S/C18H34O3Si/c1-4-19-22(20-5-2,21-6-3)18(17-13-9-10-14-17)15-16-11-7-8-12-16/h15-17H,4-14H2,1-3H3/b18-15-. The molecule has 0 aromatic heterocycles. The third-order valence-electron chi connectivity index (χ3n) is 4.97. The quantitative estimate of drug-likeness (QED) is 0.565. The van der Waals surface area contributed by atoms with Crippen LogP contribution in [-0.2, 0) is 13.3 Å². The molecule has 2 aliphatic carbocycles. The van der Waals surface area contributed by atoms with E-state index in [9.17, 15) is 0 Å². The SMILES string of the molecule is CCO[Si](OCC)(OCC)/C(=C\C1CCCC1)C1CCCC1. The molecule has 2 aliphatic rings. The zero-order valence-electron chi connectivity index (χ0n) is 14.7. The van der Waals surface area contributed by atoms with Crippen LogP contribution in [-0.4, -0.2) is 28.6 Å². The molecule has 22 heavy (non-hydrogen) atoms. The van der Waals surface area contributed by atoms with E-state index in [1.165, 1.54) is 56.6 Å². The van der Waals surface area contributed by atoms with Gasteiger partial charge in [0.15, 0.2) is 0 Å². The van der Waals surface area contributed by atoms with E-state index >= 15 is 0 Å². The monoisotopic (exact) mass is 326 g/mol. The van der Waals surface area contributed by atoms with Crippen LogP contribution in [0.15, 0.2) is 11.3 Å². The Bertz CT molecular complexity index is 327. The summed E-state index contributed by atoms with van der Waals surface area (Å²) in [5, 5.41) is 1.42. The van der Waals surface area contributed by atoms with Gasteiger partial charge < -0.3 is 13.3 Å². The second-order valence-corrected chi connectivity index (χ2v) is 9.06. The number of rotatable bonds is 9. The van der Waals surface area contributed by atoms with Crippen molar-refractivity contribution in [3.63, 3.8) is 0 Å². The van der Waals surface area contributed by atoms with Crippen LogP contribution >= 0.6 is 0 Å². The van der Waals surface area contributed by atoms with Crippen molar-refractivity contribution in [1.29, 1.82) is 0 Å². The molecule has 2 saturated carbocycles. The lowest BCUT2D eigenvalue weighted by molar-refractivity contribution is 0.0774. The summed E-state index contributed by atoms with van der Waals surface area (Å²) in [5.41, 5.74) is 0. The summed E-state index contributed by atoms with van der Waals surface area (Å²) in [6, 6.07) is 0. The van der Waals surface area contributed by atoms with Crippen molar-refractivity contribution >= 4 is 8.80 Å². The zero-order valence-corrected chi connectivity index (χ0v) is 15.7. The van der Waals surface area contributed by atoms with Crippen LogP contribution in [0.1, 0.15) is 72.1 Å². The minimum Gasteiger partial charge on any atom is -0.370 e. The first-order valence-electron chi connectivity index (χ1n) is 9.39. The second-order valence-electron chi connectivity index (χ2n) is 6.50. The van der Waals surface area contributed by atoms with Gasteiger partial charge >= 0.3 is 8.80 Å². The molecular formula is C18H34O3Si. The van der Waals surface area contributed by atoms with Gasteiger partial charge in [-0.3, -0.25) is 0 Å². The van der Waals surface area contributed by atoms with Gasteiger partial charge in [-0.05, 0) is 63.5 Å². The van der Waals surface area contributed by atoms with Crippen LogP contribution in [0.4, 0.5) is 0 Å². The van der Waals surface area contributed by atoms with Gasteiger partial charge in [0.1, 0.15) is 0 Å². The van der Waals surface area contributed by atoms with Gasteiger partial charge in [-0.15, -0.1) is 0 Å². The van der Waals surface area contributed by atoms with E-state index in [0.29, 0.717) is 31.7 Å². The summed E-state index contributed by atoms with van der Waals surface area (Å²) in [7, 11) is -2.70. The fourth-order valence-corrected chi connectivity index (χ4v) is 7.17. The Hall–Kier alpha value is -0.163. The zero-order chi connectivity index (χ0) is 15.8. The molecule has 0 N–H and O–H groups in total. The van der Waals surface area contributed by atoms with Crippen molar-refractivity contribution in [2.24, 2.45) is 11.8 Å².